The summed E-state index contributed by atoms with van der Waals surface area (Å²) in [6.07, 6.45) is 0. The maximum atomic E-state index is 10.6. The first-order valence-corrected chi connectivity index (χ1v) is 4.58. The van der Waals surface area contributed by atoms with E-state index in [4.69, 9.17) is 16.7 Å². The van der Waals surface area contributed by atoms with Crippen molar-refractivity contribution in [3.05, 3.63) is 34.3 Å². The van der Waals surface area contributed by atoms with Crippen LogP contribution in [-0.2, 0) is 4.79 Å². The first-order valence-electron chi connectivity index (χ1n) is 3.68. The van der Waals surface area contributed by atoms with Crippen molar-refractivity contribution in [2.45, 2.75) is 12.2 Å². The zero-order valence-corrected chi connectivity index (χ0v) is 8.64. The SMILES string of the molecule is Cc1cc(Cl)cc(C(S)C(=O)O)c1. The largest absolute Gasteiger partial charge is 0.480 e. The van der Waals surface area contributed by atoms with Crippen LogP contribution in [0.4, 0.5) is 0 Å². The normalized spacial score (nSPS) is 12.5. The number of carboxylic acid groups (broad SMARTS) is 1. The van der Waals surface area contributed by atoms with Crippen LogP contribution in [0.2, 0.25) is 5.02 Å². The predicted octanol–water partition coefficient (Wildman–Crippen LogP) is 2.70. The second-order valence-corrected chi connectivity index (χ2v) is 3.76. The number of aliphatic carboxylic acids is 1. The lowest BCUT2D eigenvalue weighted by Crippen LogP contribution is -2.05. The minimum Gasteiger partial charge on any atom is -0.480 e. The Morgan fingerprint density at radius 2 is 2.15 bits per heavy atom. The van der Waals surface area contributed by atoms with Gasteiger partial charge < -0.3 is 5.11 Å². The molecule has 0 amide bonds. The van der Waals surface area contributed by atoms with E-state index in [2.05, 4.69) is 12.6 Å². The summed E-state index contributed by atoms with van der Waals surface area (Å²) < 4.78 is 0. The minimum absolute atomic E-state index is 0.537. The molecule has 1 aromatic rings. The van der Waals surface area contributed by atoms with Crippen LogP contribution >= 0.6 is 24.2 Å². The highest BCUT2D eigenvalue weighted by Crippen LogP contribution is 2.24. The third kappa shape index (κ3) is 2.64. The molecule has 13 heavy (non-hydrogen) atoms. The molecule has 0 fully saturated rings. The number of hydrogen-bond acceptors (Lipinski definition) is 2. The van der Waals surface area contributed by atoms with Crippen LogP contribution in [0.5, 0.6) is 0 Å². The molecule has 0 saturated carbocycles. The lowest BCUT2D eigenvalue weighted by Gasteiger charge is -2.07. The smallest absolute Gasteiger partial charge is 0.320 e. The molecule has 0 aliphatic rings. The van der Waals surface area contributed by atoms with Crippen molar-refractivity contribution in [1.29, 1.82) is 0 Å². The van der Waals surface area contributed by atoms with Gasteiger partial charge in [0.25, 0.3) is 0 Å². The molecule has 4 heteroatoms. The van der Waals surface area contributed by atoms with E-state index in [9.17, 15) is 4.79 Å². The number of carbonyl (C=O) groups is 1. The molecule has 0 heterocycles. The number of rotatable bonds is 2. The Labute approximate surface area is 86.9 Å². The van der Waals surface area contributed by atoms with Gasteiger partial charge in [0.1, 0.15) is 5.25 Å². The van der Waals surface area contributed by atoms with Gasteiger partial charge in [-0.15, -0.1) is 0 Å². The highest BCUT2D eigenvalue weighted by molar-refractivity contribution is 7.81. The Bertz CT molecular complexity index is 318. The molecule has 1 rings (SSSR count). The number of benzene rings is 1. The van der Waals surface area contributed by atoms with E-state index >= 15 is 0 Å². The maximum Gasteiger partial charge on any atom is 0.320 e. The second kappa shape index (κ2) is 4.03. The fraction of sp³-hybridized carbons (Fsp3) is 0.222. The van der Waals surface area contributed by atoms with E-state index in [1.54, 1.807) is 18.2 Å². The molecular weight excluding hydrogens is 208 g/mol. The third-order valence-electron chi connectivity index (χ3n) is 1.61. The Balaban J connectivity index is 3.07. The predicted molar refractivity (Wildman–Crippen MR) is 55.6 cm³/mol. The van der Waals surface area contributed by atoms with Gasteiger partial charge in [-0.05, 0) is 30.2 Å². The molecule has 0 radical (unpaired) electrons. The van der Waals surface area contributed by atoms with Gasteiger partial charge in [-0.2, -0.15) is 12.6 Å². The lowest BCUT2D eigenvalue weighted by molar-refractivity contribution is -0.136. The lowest BCUT2D eigenvalue weighted by atomic mass is 10.1. The molecule has 0 bridgehead atoms. The van der Waals surface area contributed by atoms with Crippen LogP contribution < -0.4 is 0 Å². The summed E-state index contributed by atoms with van der Waals surface area (Å²) in [6.45, 7) is 1.86. The van der Waals surface area contributed by atoms with Crippen LogP contribution in [0, 0.1) is 6.92 Å². The summed E-state index contributed by atoms with van der Waals surface area (Å²) in [5.74, 6) is -0.968. The Kier molecular flexibility index (Phi) is 3.22. The molecule has 0 spiro atoms. The van der Waals surface area contributed by atoms with E-state index < -0.39 is 11.2 Å². The van der Waals surface area contributed by atoms with E-state index in [1.165, 1.54) is 0 Å². The van der Waals surface area contributed by atoms with Crippen molar-refractivity contribution in [2.75, 3.05) is 0 Å². The van der Waals surface area contributed by atoms with E-state index in [-0.39, 0.29) is 0 Å². The zero-order valence-electron chi connectivity index (χ0n) is 6.99. The van der Waals surface area contributed by atoms with Crippen molar-refractivity contribution in [3.63, 3.8) is 0 Å². The number of hydrogen-bond donors (Lipinski definition) is 2. The standard InChI is InChI=1S/C9H9ClO2S/c1-5-2-6(4-7(10)3-5)8(13)9(11)12/h2-4,8,13H,1H3,(H,11,12). The fourth-order valence-electron chi connectivity index (χ4n) is 1.07. The first kappa shape index (κ1) is 10.4. The summed E-state index contributed by atoms with van der Waals surface area (Å²) >= 11 is 9.72. The van der Waals surface area contributed by atoms with Crippen LogP contribution in [-0.4, -0.2) is 11.1 Å². The van der Waals surface area contributed by atoms with Gasteiger partial charge in [0.15, 0.2) is 0 Å². The molecule has 1 atom stereocenters. The average molecular weight is 217 g/mol. The molecule has 1 N–H and O–H groups in total. The van der Waals surface area contributed by atoms with Gasteiger partial charge in [0, 0.05) is 5.02 Å². The van der Waals surface area contributed by atoms with Gasteiger partial charge in [0.2, 0.25) is 0 Å². The van der Waals surface area contributed by atoms with Gasteiger partial charge in [0.05, 0.1) is 0 Å². The summed E-state index contributed by atoms with van der Waals surface area (Å²) in [7, 11) is 0. The van der Waals surface area contributed by atoms with Crippen LogP contribution in [0.25, 0.3) is 0 Å². The quantitative estimate of drug-likeness (QED) is 0.746. The highest BCUT2D eigenvalue weighted by Gasteiger charge is 2.14. The number of aryl methyl sites for hydroxylation is 1. The first-order chi connectivity index (χ1) is 6.00. The summed E-state index contributed by atoms with van der Waals surface area (Å²) in [6, 6.07) is 5.14. The van der Waals surface area contributed by atoms with Crippen molar-refractivity contribution < 1.29 is 9.90 Å². The van der Waals surface area contributed by atoms with Crippen LogP contribution in [0.3, 0.4) is 0 Å². The number of thiol groups is 1. The zero-order chi connectivity index (χ0) is 10.0. The van der Waals surface area contributed by atoms with Crippen molar-refractivity contribution in [3.8, 4) is 0 Å². The third-order valence-corrected chi connectivity index (χ3v) is 2.35. The van der Waals surface area contributed by atoms with Crippen LogP contribution in [0.1, 0.15) is 16.4 Å². The topological polar surface area (TPSA) is 37.3 Å². The molecular formula is C9H9ClO2S. The monoisotopic (exact) mass is 216 g/mol. The summed E-state index contributed by atoms with van der Waals surface area (Å²) in [5.41, 5.74) is 1.55. The molecule has 70 valence electrons. The molecule has 0 aromatic heterocycles. The molecule has 2 nitrogen and oxygen atoms in total. The molecule has 1 aromatic carbocycles. The molecule has 0 saturated heterocycles. The molecule has 0 aliphatic heterocycles. The molecule has 1 unspecified atom stereocenters. The van der Waals surface area contributed by atoms with Gasteiger partial charge in [-0.3, -0.25) is 4.79 Å². The average Bonchev–Trinajstić information content (AvgIpc) is 2.01. The van der Waals surface area contributed by atoms with Crippen LogP contribution in [0.15, 0.2) is 18.2 Å². The number of halogens is 1. The van der Waals surface area contributed by atoms with Gasteiger partial charge in [-0.1, -0.05) is 17.7 Å². The Morgan fingerprint density at radius 3 is 2.62 bits per heavy atom. The van der Waals surface area contributed by atoms with Crippen molar-refractivity contribution in [1.82, 2.24) is 0 Å². The maximum absolute atomic E-state index is 10.6. The minimum atomic E-state index is -0.968. The summed E-state index contributed by atoms with van der Waals surface area (Å²) in [5, 5.41) is 8.43. The number of carboxylic acids is 1. The Morgan fingerprint density at radius 1 is 1.54 bits per heavy atom. The fourth-order valence-corrected chi connectivity index (χ4v) is 1.51. The van der Waals surface area contributed by atoms with Crippen molar-refractivity contribution >= 4 is 30.2 Å². The van der Waals surface area contributed by atoms with Gasteiger partial charge in [-0.25, -0.2) is 0 Å². The van der Waals surface area contributed by atoms with E-state index in [0.29, 0.717) is 10.6 Å². The van der Waals surface area contributed by atoms with E-state index in [0.717, 1.165) is 5.56 Å². The molecule has 0 aliphatic carbocycles. The summed E-state index contributed by atoms with van der Waals surface area (Å²) in [4.78, 5) is 10.6. The van der Waals surface area contributed by atoms with Gasteiger partial charge >= 0.3 is 5.97 Å². The van der Waals surface area contributed by atoms with Crippen molar-refractivity contribution in [2.24, 2.45) is 0 Å². The Hall–Kier alpha value is -0.670. The highest BCUT2D eigenvalue weighted by atomic mass is 35.5. The second-order valence-electron chi connectivity index (χ2n) is 2.80. The van der Waals surface area contributed by atoms with E-state index in [1.807, 2.05) is 6.92 Å².